The zero-order chi connectivity index (χ0) is 17.1. The standard InChI is InChI=1S/C16H19BrN2O4/c1-9(2)14(16(22)23)18-15(21)10-6-13(20)19(8-10)12-5-3-4-11(17)7-12/h3-5,7,9-10,14H,6,8H2,1-2H3,(H,18,21)(H,22,23). The van der Waals surface area contributed by atoms with Gasteiger partial charge in [0.05, 0.1) is 5.92 Å². The van der Waals surface area contributed by atoms with Gasteiger partial charge in [0.15, 0.2) is 0 Å². The summed E-state index contributed by atoms with van der Waals surface area (Å²) in [5.41, 5.74) is 0.721. The monoisotopic (exact) mass is 382 g/mol. The number of carbonyl (C=O) groups is 3. The number of halogens is 1. The van der Waals surface area contributed by atoms with Gasteiger partial charge in [0.2, 0.25) is 11.8 Å². The molecule has 2 amide bonds. The smallest absolute Gasteiger partial charge is 0.326 e. The van der Waals surface area contributed by atoms with Crippen molar-refractivity contribution < 1.29 is 19.5 Å². The van der Waals surface area contributed by atoms with Gasteiger partial charge in [-0.2, -0.15) is 0 Å². The number of nitrogens with zero attached hydrogens (tertiary/aromatic N) is 1. The third kappa shape index (κ3) is 4.10. The van der Waals surface area contributed by atoms with Crippen LogP contribution in [0.5, 0.6) is 0 Å². The maximum atomic E-state index is 12.3. The minimum Gasteiger partial charge on any atom is -0.480 e. The average Bonchev–Trinajstić information content (AvgIpc) is 2.86. The Morgan fingerprint density at radius 1 is 1.39 bits per heavy atom. The van der Waals surface area contributed by atoms with Gasteiger partial charge < -0.3 is 15.3 Å². The summed E-state index contributed by atoms with van der Waals surface area (Å²) in [6.45, 7) is 3.71. The van der Waals surface area contributed by atoms with Gasteiger partial charge in [-0.1, -0.05) is 35.8 Å². The van der Waals surface area contributed by atoms with Crippen molar-refractivity contribution in [3.63, 3.8) is 0 Å². The molecule has 0 radical (unpaired) electrons. The van der Waals surface area contributed by atoms with Crippen molar-refractivity contribution in [3.05, 3.63) is 28.7 Å². The van der Waals surface area contributed by atoms with Crippen LogP contribution in [0, 0.1) is 11.8 Å². The van der Waals surface area contributed by atoms with E-state index >= 15 is 0 Å². The van der Waals surface area contributed by atoms with Crippen molar-refractivity contribution in [2.45, 2.75) is 26.3 Å². The Labute approximate surface area is 143 Å². The molecular weight excluding hydrogens is 364 g/mol. The van der Waals surface area contributed by atoms with E-state index in [9.17, 15) is 14.4 Å². The van der Waals surface area contributed by atoms with E-state index in [0.717, 1.165) is 10.2 Å². The summed E-state index contributed by atoms with van der Waals surface area (Å²) in [5.74, 6) is -2.37. The van der Waals surface area contributed by atoms with Crippen molar-refractivity contribution in [2.75, 3.05) is 11.4 Å². The molecule has 7 heteroatoms. The Balaban J connectivity index is 2.07. The van der Waals surface area contributed by atoms with Crippen LogP contribution in [0.3, 0.4) is 0 Å². The van der Waals surface area contributed by atoms with E-state index in [2.05, 4.69) is 21.2 Å². The molecule has 1 saturated heterocycles. The molecule has 124 valence electrons. The Morgan fingerprint density at radius 3 is 2.65 bits per heavy atom. The van der Waals surface area contributed by atoms with E-state index < -0.39 is 23.8 Å². The van der Waals surface area contributed by atoms with E-state index in [4.69, 9.17) is 5.11 Å². The van der Waals surface area contributed by atoms with Crippen LogP contribution >= 0.6 is 15.9 Å². The van der Waals surface area contributed by atoms with E-state index in [1.807, 2.05) is 18.2 Å². The summed E-state index contributed by atoms with van der Waals surface area (Å²) in [5, 5.41) is 11.7. The molecule has 1 aromatic rings. The normalized spacial score (nSPS) is 19.0. The SMILES string of the molecule is CC(C)C(NC(=O)C1CC(=O)N(c2cccc(Br)c2)C1)C(=O)O. The zero-order valence-electron chi connectivity index (χ0n) is 13.0. The number of nitrogens with one attached hydrogen (secondary N) is 1. The number of carboxylic acids is 1. The molecular formula is C16H19BrN2O4. The fraction of sp³-hybridized carbons (Fsp3) is 0.438. The first-order valence-corrected chi connectivity index (χ1v) is 8.18. The second-order valence-corrected chi connectivity index (χ2v) is 6.87. The fourth-order valence-corrected chi connectivity index (χ4v) is 2.95. The molecule has 1 aliphatic heterocycles. The molecule has 0 saturated carbocycles. The van der Waals surface area contributed by atoms with Crippen molar-refractivity contribution in [2.24, 2.45) is 11.8 Å². The highest BCUT2D eigenvalue weighted by Crippen LogP contribution is 2.27. The quantitative estimate of drug-likeness (QED) is 0.815. The molecule has 0 aromatic heterocycles. The number of carbonyl (C=O) groups excluding carboxylic acids is 2. The number of hydrogen-bond acceptors (Lipinski definition) is 3. The average molecular weight is 383 g/mol. The van der Waals surface area contributed by atoms with Crippen molar-refractivity contribution in [3.8, 4) is 0 Å². The van der Waals surface area contributed by atoms with E-state index in [1.165, 1.54) is 0 Å². The third-order valence-corrected chi connectivity index (χ3v) is 4.34. The fourth-order valence-electron chi connectivity index (χ4n) is 2.56. The topological polar surface area (TPSA) is 86.7 Å². The summed E-state index contributed by atoms with van der Waals surface area (Å²) >= 11 is 3.36. The molecule has 1 aromatic carbocycles. The van der Waals surface area contributed by atoms with Crippen LogP contribution in [-0.2, 0) is 14.4 Å². The first-order chi connectivity index (χ1) is 10.8. The zero-order valence-corrected chi connectivity index (χ0v) is 14.5. The lowest BCUT2D eigenvalue weighted by atomic mass is 10.0. The maximum absolute atomic E-state index is 12.3. The van der Waals surface area contributed by atoms with Crippen LogP contribution in [0.1, 0.15) is 20.3 Å². The lowest BCUT2D eigenvalue weighted by molar-refractivity contribution is -0.143. The van der Waals surface area contributed by atoms with E-state index in [0.29, 0.717) is 0 Å². The highest BCUT2D eigenvalue weighted by atomic mass is 79.9. The first-order valence-electron chi connectivity index (χ1n) is 7.38. The van der Waals surface area contributed by atoms with Crippen LogP contribution in [0.2, 0.25) is 0 Å². The Kier molecular flexibility index (Phi) is 5.41. The molecule has 0 aliphatic carbocycles. The molecule has 23 heavy (non-hydrogen) atoms. The number of rotatable bonds is 5. The van der Waals surface area contributed by atoms with Crippen molar-refractivity contribution >= 4 is 39.4 Å². The second-order valence-electron chi connectivity index (χ2n) is 5.95. The lowest BCUT2D eigenvalue weighted by Crippen LogP contribution is -2.47. The number of hydrogen-bond donors (Lipinski definition) is 2. The summed E-state index contributed by atoms with van der Waals surface area (Å²) in [7, 11) is 0. The van der Waals surface area contributed by atoms with Gasteiger partial charge >= 0.3 is 5.97 Å². The maximum Gasteiger partial charge on any atom is 0.326 e. The van der Waals surface area contributed by atoms with Gasteiger partial charge in [-0.3, -0.25) is 9.59 Å². The third-order valence-electron chi connectivity index (χ3n) is 3.85. The molecule has 1 aliphatic rings. The van der Waals surface area contributed by atoms with Gasteiger partial charge in [0, 0.05) is 23.1 Å². The van der Waals surface area contributed by atoms with Gasteiger partial charge in [0.1, 0.15) is 6.04 Å². The molecule has 2 unspecified atom stereocenters. The highest BCUT2D eigenvalue weighted by Gasteiger charge is 2.37. The number of anilines is 1. The Hall–Kier alpha value is -1.89. The van der Waals surface area contributed by atoms with Gasteiger partial charge in [0.25, 0.3) is 0 Å². The summed E-state index contributed by atoms with van der Waals surface area (Å²) in [6, 6.07) is 6.34. The van der Waals surface area contributed by atoms with Crippen LogP contribution in [-0.4, -0.2) is 35.5 Å². The lowest BCUT2D eigenvalue weighted by Gasteiger charge is -2.20. The minimum absolute atomic E-state index is 0.0861. The van der Waals surface area contributed by atoms with E-state index in [1.54, 1.807) is 24.8 Å². The molecule has 2 atom stereocenters. The Morgan fingerprint density at radius 2 is 2.09 bits per heavy atom. The molecule has 2 N–H and O–H groups in total. The number of benzene rings is 1. The second kappa shape index (κ2) is 7.12. The van der Waals surface area contributed by atoms with Crippen molar-refractivity contribution in [1.82, 2.24) is 5.32 Å². The summed E-state index contributed by atoms with van der Waals surface area (Å²) in [4.78, 5) is 37.2. The largest absolute Gasteiger partial charge is 0.480 e. The number of carboxylic acid groups (broad SMARTS) is 1. The van der Waals surface area contributed by atoms with Crippen LogP contribution in [0.25, 0.3) is 0 Å². The van der Waals surface area contributed by atoms with Crippen molar-refractivity contribution in [1.29, 1.82) is 0 Å². The molecule has 2 rings (SSSR count). The molecule has 1 fully saturated rings. The van der Waals surface area contributed by atoms with E-state index in [-0.39, 0.29) is 24.8 Å². The number of aliphatic carboxylic acids is 1. The molecule has 0 bridgehead atoms. The summed E-state index contributed by atoms with van der Waals surface area (Å²) in [6.07, 6.45) is 0.0861. The minimum atomic E-state index is -1.07. The predicted molar refractivity (Wildman–Crippen MR) is 89.0 cm³/mol. The molecule has 1 heterocycles. The van der Waals surface area contributed by atoms with Crippen LogP contribution < -0.4 is 10.2 Å². The van der Waals surface area contributed by atoms with Gasteiger partial charge in [-0.25, -0.2) is 4.79 Å². The number of amides is 2. The van der Waals surface area contributed by atoms with Crippen LogP contribution in [0.15, 0.2) is 28.7 Å². The van der Waals surface area contributed by atoms with Gasteiger partial charge in [-0.05, 0) is 24.1 Å². The molecule has 0 spiro atoms. The first kappa shape index (κ1) is 17.5. The Bertz CT molecular complexity index is 632. The predicted octanol–water partition coefficient (Wildman–Crippen LogP) is 2.03. The van der Waals surface area contributed by atoms with Crippen LogP contribution in [0.4, 0.5) is 5.69 Å². The summed E-state index contributed by atoms with van der Waals surface area (Å²) < 4.78 is 0.849. The molecule has 6 nitrogen and oxygen atoms in total. The highest BCUT2D eigenvalue weighted by molar-refractivity contribution is 9.10. The van der Waals surface area contributed by atoms with Gasteiger partial charge in [-0.15, -0.1) is 0 Å².